The molecule has 2 aliphatic heterocycles. The summed E-state index contributed by atoms with van der Waals surface area (Å²) >= 11 is 0. The number of nitrogens with zero attached hydrogens (tertiary/aromatic N) is 2. The second-order valence-electron chi connectivity index (χ2n) is 4.49. The van der Waals surface area contributed by atoms with Crippen LogP contribution in [0.25, 0.3) is 0 Å². The van der Waals surface area contributed by atoms with Gasteiger partial charge in [-0.25, -0.2) is 0 Å². The monoisotopic (exact) mass is 212 g/mol. The Morgan fingerprint density at radius 2 is 1.87 bits per heavy atom. The minimum absolute atomic E-state index is 0.237. The number of hydrogen-bond donors (Lipinski definition) is 0. The maximum absolute atomic E-state index is 11.0. The van der Waals surface area contributed by atoms with Crippen LogP contribution >= 0.6 is 0 Å². The maximum atomic E-state index is 11.0. The van der Waals surface area contributed by atoms with Crippen molar-refractivity contribution < 1.29 is 4.79 Å². The van der Waals surface area contributed by atoms with Crippen molar-refractivity contribution in [3.63, 3.8) is 0 Å². The first kappa shape index (κ1) is 12.5. The van der Waals surface area contributed by atoms with Gasteiger partial charge in [0.2, 0.25) is 5.91 Å². The number of carbonyl (C=O) groups excluding carboxylic acids is 1. The van der Waals surface area contributed by atoms with Gasteiger partial charge < -0.3 is 9.80 Å². The van der Waals surface area contributed by atoms with Gasteiger partial charge in [-0.05, 0) is 19.5 Å². The molecule has 2 fully saturated rings. The standard InChI is InChI=1S/C10H18N2O.C2H6/c1-3-11-5-4-10(6-11)7-12(8-10)9(2)13;1-2/h3-8H2,1-2H3;1-2H3. The van der Waals surface area contributed by atoms with Crippen LogP contribution in [-0.4, -0.2) is 48.4 Å². The lowest BCUT2D eigenvalue weighted by atomic mass is 9.79. The molecule has 0 aromatic heterocycles. The summed E-state index contributed by atoms with van der Waals surface area (Å²) in [4.78, 5) is 15.5. The van der Waals surface area contributed by atoms with Gasteiger partial charge in [0.1, 0.15) is 0 Å². The van der Waals surface area contributed by atoms with Crippen molar-refractivity contribution in [3.8, 4) is 0 Å². The molecule has 2 saturated heterocycles. The quantitative estimate of drug-likeness (QED) is 0.659. The Bertz CT molecular complexity index is 222. The Morgan fingerprint density at radius 1 is 1.27 bits per heavy atom. The molecule has 2 heterocycles. The van der Waals surface area contributed by atoms with Crippen molar-refractivity contribution in [1.29, 1.82) is 0 Å². The summed E-state index contributed by atoms with van der Waals surface area (Å²) in [5.74, 6) is 0.237. The molecule has 1 amide bonds. The summed E-state index contributed by atoms with van der Waals surface area (Å²) in [7, 11) is 0. The van der Waals surface area contributed by atoms with Gasteiger partial charge in [-0.3, -0.25) is 4.79 Å². The average molecular weight is 212 g/mol. The normalized spacial score (nSPS) is 23.3. The molecule has 0 aliphatic carbocycles. The second-order valence-corrected chi connectivity index (χ2v) is 4.49. The van der Waals surface area contributed by atoms with Crippen LogP contribution in [0.2, 0.25) is 0 Å². The van der Waals surface area contributed by atoms with Crippen LogP contribution in [0.1, 0.15) is 34.1 Å². The molecule has 15 heavy (non-hydrogen) atoms. The summed E-state index contributed by atoms with van der Waals surface area (Å²) in [6, 6.07) is 0. The van der Waals surface area contributed by atoms with Gasteiger partial charge in [0.15, 0.2) is 0 Å². The molecule has 88 valence electrons. The van der Waals surface area contributed by atoms with Crippen molar-refractivity contribution in [1.82, 2.24) is 9.80 Å². The third-order valence-corrected chi connectivity index (χ3v) is 3.46. The molecule has 0 bridgehead atoms. The molecule has 0 saturated carbocycles. The average Bonchev–Trinajstić information content (AvgIpc) is 2.62. The highest BCUT2D eigenvalue weighted by Gasteiger charge is 2.47. The topological polar surface area (TPSA) is 23.6 Å². The summed E-state index contributed by atoms with van der Waals surface area (Å²) in [6.07, 6.45) is 1.28. The summed E-state index contributed by atoms with van der Waals surface area (Å²) in [5, 5.41) is 0. The van der Waals surface area contributed by atoms with Gasteiger partial charge in [0.25, 0.3) is 0 Å². The molecule has 2 rings (SSSR count). The lowest BCUT2D eigenvalue weighted by Gasteiger charge is -2.47. The SMILES string of the molecule is CC.CCN1CCC2(C1)CN(C(C)=O)C2. The van der Waals surface area contributed by atoms with Crippen LogP contribution < -0.4 is 0 Å². The highest BCUT2D eigenvalue weighted by molar-refractivity contribution is 5.74. The number of likely N-dealkylation sites (tertiary alicyclic amines) is 2. The molecule has 0 aromatic rings. The molecular weight excluding hydrogens is 188 g/mol. The number of hydrogen-bond acceptors (Lipinski definition) is 2. The van der Waals surface area contributed by atoms with Crippen LogP contribution in [0.3, 0.4) is 0 Å². The van der Waals surface area contributed by atoms with E-state index in [4.69, 9.17) is 0 Å². The molecule has 3 heteroatoms. The van der Waals surface area contributed by atoms with E-state index in [1.165, 1.54) is 19.5 Å². The number of carbonyl (C=O) groups is 1. The van der Waals surface area contributed by atoms with E-state index in [1.807, 2.05) is 18.7 Å². The Morgan fingerprint density at radius 3 is 2.27 bits per heavy atom. The maximum Gasteiger partial charge on any atom is 0.219 e. The smallest absolute Gasteiger partial charge is 0.219 e. The molecule has 2 aliphatic rings. The van der Waals surface area contributed by atoms with Crippen LogP contribution in [0.15, 0.2) is 0 Å². The summed E-state index contributed by atoms with van der Waals surface area (Å²) < 4.78 is 0. The summed E-state index contributed by atoms with van der Waals surface area (Å²) in [5.41, 5.74) is 0.474. The lowest BCUT2D eigenvalue weighted by Crippen LogP contribution is -2.58. The van der Waals surface area contributed by atoms with E-state index in [1.54, 1.807) is 6.92 Å². The fraction of sp³-hybridized carbons (Fsp3) is 0.917. The number of amides is 1. The van der Waals surface area contributed by atoms with E-state index in [0.717, 1.165) is 19.6 Å². The highest BCUT2D eigenvalue weighted by atomic mass is 16.2. The van der Waals surface area contributed by atoms with E-state index in [2.05, 4.69) is 11.8 Å². The van der Waals surface area contributed by atoms with Crippen molar-refractivity contribution >= 4 is 5.91 Å². The van der Waals surface area contributed by atoms with Crippen molar-refractivity contribution in [3.05, 3.63) is 0 Å². The fourth-order valence-electron chi connectivity index (χ4n) is 2.54. The largest absolute Gasteiger partial charge is 0.342 e. The fourth-order valence-corrected chi connectivity index (χ4v) is 2.54. The minimum Gasteiger partial charge on any atom is -0.342 e. The van der Waals surface area contributed by atoms with Crippen LogP contribution in [0, 0.1) is 5.41 Å². The first-order valence-corrected chi connectivity index (χ1v) is 6.13. The Labute approximate surface area is 93.4 Å². The van der Waals surface area contributed by atoms with Gasteiger partial charge in [-0.1, -0.05) is 20.8 Å². The Kier molecular flexibility index (Phi) is 4.14. The molecule has 0 radical (unpaired) electrons. The van der Waals surface area contributed by atoms with Crippen LogP contribution in [-0.2, 0) is 4.79 Å². The highest BCUT2D eigenvalue weighted by Crippen LogP contribution is 2.39. The Balaban J connectivity index is 0.000000531. The first-order valence-electron chi connectivity index (χ1n) is 6.13. The second kappa shape index (κ2) is 4.97. The van der Waals surface area contributed by atoms with Crippen LogP contribution in [0.4, 0.5) is 0 Å². The zero-order valence-corrected chi connectivity index (χ0v) is 10.5. The van der Waals surface area contributed by atoms with E-state index >= 15 is 0 Å². The molecular formula is C12H24N2O. The van der Waals surface area contributed by atoms with E-state index in [9.17, 15) is 4.79 Å². The molecule has 0 N–H and O–H groups in total. The van der Waals surface area contributed by atoms with Crippen molar-refractivity contribution in [2.24, 2.45) is 5.41 Å². The molecule has 0 aromatic carbocycles. The van der Waals surface area contributed by atoms with Crippen molar-refractivity contribution in [2.75, 3.05) is 32.7 Å². The first-order chi connectivity index (χ1) is 7.15. The summed E-state index contributed by atoms with van der Waals surface area (Å²) in [6.45, 7) is 13.5. The predicted octanol–water partition coefficient (Wildman–Crippen LogP) is 1.59. The minimum atomic E-state index is 0.237. The zero-order chi connectivity index (χ0) is 11.5. The molecule has 0 atom stereocenters. The van der Waals surface area contributed by atoms with Gasteiger partial charge in [0.05, 0.1) is 0 Å². The third-order valence-electron chi connectivity index (χ3n) is 3.46. The lowest BCUT2D eigenvalue weighted by molar-refractivity contribution is -0.140. The number of rotatable bonds is 1. The molecule has 1 spiro atoms. The van der Waals surface area contributed by atoms with Crippen LogP contribution in [0.5, 0.6) is 0 Å². The van der Waals surface area contributed by atoms with Gasteiger partial charge in [-0.15, -0.1) is 0 Å². The van der Waals surface area contributed by atoms with Gasteiger partial charge in [0, 0.05) is 32.0 Å². The van der Waals surface area contributed by atoms with E-state index < -0.39 is 0 Å². The van der Waals surface area contributed by atoms with E-state index in [0.29, 0.717) is 5.41 Å². The van der Waals surface area contributed by atoms with Crippen molar-refractivity contribution in [2.45, 2.75) is 34.1 Å². The molecule has 3 nitrogen and oxygen atoms in total. The Hall–Kier alpha value is -0.570. The third kappa shape index (κ3) is 2.51. The predicted molar refractivity (Wildman–Crippen MR) is 62.8 cm³/mol. The van der Waals surface area contributed by atoms with Gasteiger partial charge in [-0.2, -0.15) is 0 Å². The zero-order valence-electron chi connectivity index (χ0n) is 10.5. The van der Waals surface area contributed by atoms with E-state index in [-0.39, 0.29) is 5.91 Å². The molecule has 0 unspecified atom stereocenters. The van der Waals surface area contributed by atoms with Gasteiger partial charge >= 0.3 is 0 Å².